The second kappa shape index (κ2) is 2.70. The molecule has 3 nitrogen and oxygen atoms in total. The van der Waals surface area contributed by atoms with E-state index < -0.39 is 0 Å². The molecule has 1 aliphatic heterocycles. The van der Waals surface area contributed by atoms with Crippen molar-refractivity contribution in [1.82, 2.24) is 9.97 Å². The van der Waals surface area contributed by atoms with E-state index in [1.54, 1.807) is 24.7 Å². The summed E-state index contributed by atoms with van der Waals surface area (Å²) in [7, 11) is 0. The summed E-state index contributed by atoms with van der Waals surface area (Å²) in [4.78, 5) is 8.17. The molecule has 0 radical (unpaired) electrons. The topological polar surface area (TPSA) is 35.0 Å². The van der Waals surface area contributed by atoms with Crippen molar-refractivity contribution in [1.29, 1.82) is 0 Å². The van der Waals surface area contributed by atoms with Crippen molar-refractivity contribution in [3.05, 3.63) is 36.6 Å². The van der Waals surface area contributed by atoms with Gasteiger partial charge in [-0.25, -0.2) is 9.97 Å². The van der Waals surface area contributed by atoms with Crippen LogP contribution in [0.5, 0.6) is 0 Å². The second-order valence-corrected chi connectivity index (χ2v) is 2.34. The van der Waals surface area contributed by atoms with Gasteiger partial charge in [0.25, 0.3) is 0 Å². The normalized spacial score (nSPS) is 21.6. The molecule has 2 heterocycles. The number of ether oxygens (including phenoxy) is 1. The minimum atomic E-state index is 0.0381. The molecule has 1 aliphatic rings. The molecule has 0 spiro atoms. The summed E-state index contributed by atoms with van der Waals surface area (Å²) >= 11 is 0. The van der Waals surface area contributed by atoms with E-state index in [4.69, 9.17) is 4.74 Å². The number of hydrogen-bond donors (Lipinski definition) is 0. The fourth-order valence-corrected chi connectivity index (χ4v) is 1.03. The Morgan fingerprint density at radius 1 is 1.36 bits per heavy atom. The average molecular weight is 148 g/mol. The van der Waals surface area contributed by atoms with Crippen molar-refractivity contribution in [2.75, 3.05) is 0 Å². The smallest absolute Gasteiger partial charge is 0.169 e. The highest BCUT2D eigenvalue weighted by Crippen LogP contribution is 2.22. The zero-order chi connectivity index (χ0) is 7.52. The molecule has 3 heteroatoms. The van der Waals surface area contributed by atoms with Gasteiger partial charge in [0.15, 0.2) is 11.9 Å². The lowest BCUT2D eigenvalue weighted by Gasteiger charge is -2.06. The first-order chi connectivity index (χ1) is 5.47. The van der Waals surface area contributed by atoms with Crippen LogP contribution in [0.2, 0.25) is 0 Å². The summed E-state index contributed by atoms with van der Waals surface area (Å²) < 4.78 is 5.23. The van der Waals surface area contributed by atoms with E-state index in [1.165, 1.54) is 0 Å². The van der Waals surface area contributed by atoms with E-state index in [1.807, 2.05) is 6.08 Å². The Kier molecular flexibility index (Phi) is 1.55. The molecule has 0 bridgehead atoms. The minimum Gasteiger partial charge on any atom is -0.490 e. The van der Waals surface area contributed by atoms with Crippen LogP contribution in [0.15, 0.2) is 30.8 Å². The van der Waals surface area contributed by atoms with E-state index in [0.717, 1.165) is 12.2 Å². The standard InChI is InChI=1S/C8H8N2O/c1-3-7(11-6-1)8-9-4-2-5-10-8/h1-2,4-7H,3H2. The van der Waals surface area contributed by atoms with Gasteiger partial charge >= 0.3 is 0 Å². The van der Waals surface area contributed by atoms with Crippen molar-refractivity contribution >= 4 is 0 Å². The average Bonchev–Trinajstić information content (AvgIpc) is 2.58. The molecule has 1 aromatic rings. The fraction of sp³-hybridized carbons (Fsp3) is 0.250. The van der Waals surface area contributed by atoms with Crippen molar-refractivity contribution in [3.8, 4) is 0 Å². The van der Waals surface area contributed by atoms with Gasteiger partial charge in [-0.05, 0) is 12.1 Å². The van der Waals surface area contributed by atoms with Crippen molar-refractivity contribution < 1.29 is 4.74 Å². The van der Waals surface area contributed by atoms with Gasteiger partial charge in [0.1, 0.15) is 0 Å². The van der Waals surface area contributed by atoms with Crippen LogP contribution in [-0.4, -0.2) is 9.97 Å². The molecule has 0 aliphatic carbocycles. The SMILES string of the molecule is C1=COC(c2ncccn2)C1. The van der Waals surface area contributed by atoms with Crippen LogP contribution in [0.3, 0.4) is 0 Å². The third-order valence-corrected chi connectivity index (χ3v) is 1.56. The van der Waals surface area contributed by atoms with Gasteiger partial charge in [0, 0.05) is 18.8 Å². The van der Waals surface area contributed by atoms with E-state index in [-0.39, 0.29) is 6.10 Å². The molecule has 1 aromatic heterocycles. The highest BCUT2D eigenvalue weighted by atomic mass is 16.5. The summed E-state index contributed by atoms with van der Waals surface area (Å²) in [6.07, 6.45) is 8.04. The Balaban J connectivity index is 2.17. The Morgan fingerprint density at radius 3 is 2.82 bits per heavy atom. The molecular weight excluding hydrogens is 140 g/mol. The molecule has 0 saturated carbocycles. The van der Waals surface area contributed by atoms with Crippen LogP contribution in [-0.2, 0) is 4.74 Å². The van der Waals surface area contributed by atoms with Crippen molar-refractivity contribution in [2.24, 2.45) is 0 Å². The Hall–Kier alpha value is -1.38. The van der Waals surface area contributed by atoms with Gasteiger partial charge in [-0.1, -0.05) is 0 Å². The van der Waals surface area contributed by atoms with Crippen LogP contribution in [0.25, 0.3) is 0 Å². The lowest BCUT2D eigenvalue weighted by molar-refractivity contribution is 0.164. The Labute approximate surface area is 64.7 Å². The zero-order valence-electron chi connectivity index (χ0n) is 5.97. The van der Waals surface area contributed by atoms with E-state index in [9.17, 15) is 0 Å². The van der Waals surface area contributed by atoms with Crippen LogP contribution >= 0.6 is 0 Å². The van der Waals surface area contributed by atoms with Crippen molar-refractivity contribution in [3.63, 3.8) is 0 Å². The molecule has 1 atom stereocenters. The van der Waals surface area contributed by atoms with Crippen LogP contribution < -0.4 is 0 Å². The molecule has 0 amide bonds. The van der Waals surface area contributed by atoms with Gasteiger partial charge in [0.05, 0.1) is 6.26 Å². The van der Waals surface area contributed by atoms with Crippen LogP contribution in [0.1, 0.15) is 18.3 Å². The minimum absolute atomic E-state index is 0.0381. The lowest BCUT2D eigenvalue weighted by atomic mass is 10.2. The number of nitrogens with zero attached hydrogens (tertiary/aromatic N) is 2. The Morgan fingerprint density at radius 2 is 2.18 bits per heavy atom. The summed E-state index contributed by atoms with van der Waals surface area (Å²) in [6.45, 7) is 0. The zero-order valence-corrected chi connectivity index (χ0v) is 5.97. The van der Waals surface area contributed by atoms with E-state index in [0.29, 0.717) is 0 Å². The molecule has 1 unspecified atom stereocenters. The highest BCUT2D eigenvalue weighted by Gasteiger charge is 2.15. The van der Waals surface area contributed by atoms with E-state index in [2.05, 4.69) is 9.97 Å². The molecule has 0 N–H and O–H groups in total. The summed E-state index contributed by atoms with van der Waals surface area (Å²) in [5.41, 5.74) is 0. The second-order valence-electron chi connectivity index (χ2n) is 2.34. The third kappa shape index (κ3) is 1.22. The first kappa shape index (κ1) is 6.34. The quantitative estimate of drug-likeness (QED) is 0.604. The maximum Gasteiger partial charge on any atom is 0.169 e. The first-order valence-corrected chi connectivity index (χ1v) is 3.54. The highest BCUT2D eigenvalue weighted by molar-refractivity contribution is 5.00. The predicted octanol–water partition coefficient (Wildman–Crippen LogP) is 1.45. The molecule has 0 aromatic carbocycles. The van der Waals surface area contributed by atoms with Crippen molar-refractivity contribution in [2.45, 2.75) is 12.5 Å². The largest absolute Gasteiger partial charge is 0.490 e. The molecule has 2 rings (SSSR count). The van der Waals surface area contributed by atoms with Gasteiger partial charge in [-0.15, -0.1) is 0 Å². The van der Waals surface area contributed by atoms with Crippen LogP contribution in [0.4, 0.5) is 0 Å². The molecule has 56 valence electrons. The maximum atomic E-state index is 5.23. The monoisotopic (exact) mass is 148 g/mol. The van der Waals surface area contributed by atoms with Gasteiger partial charge in [-0.3, -0.25) is 0 Å². The van der Waals surface area contributed by atoms with Gasteiger partial charge < -0.3 is 4.74 Å². The fourth-order valence-electron chi connectivity index (χ4n) is 1.03. The molecule has 0 fully saturated rings. The molecular formula is C8H8N2O. The molecule has 11 heavy (non-hydrogen) atoms. The number of hydrogen-bond acceptors (Lipinski definition) is 3. The number of rotatable bonds is 1. The lowest BCUT2D eigenvalue weighted by Crippen LogP contribution is -2.00. The van der Waals surface area contributed by atoms with Gasteiger partial charge in [-0.2, -0.15) is 0 Å². The predicted molar refractivity (Wildman–Crippen MR) is 39.6 cm³/mol. The third-order valence-electron chi connectivity index (χ3n) is 1.56. The summed E-state index contributed by atoms with van der Waals surface area (Å²) in [5, 5.41) is 0. The maximum absolute atomic E-state index is 5.23. The number of aromatic nitrogens is 2. The summed E-state index contributed by atoms with van der Waals surface area (Å²) in [5.74, 6) is 0.762. The first-order valence-electron chi connectivity index (χ1n) is 3.54. The Bertz CT molecular complexity index is 250. The van der Waals surface area contributed by atoms with Crippen LogP contribution in [0, 0.1) is 0 Å². The van der Waals surface area contributed by atoms with E-state index >= 15 is 0 Å². The van der Waals surface area contributed by atoms with Gasteiger partial charge in [0.2, 0.25) is 0 Å². The summed E-state index contributed by atoms with van der Waals surface area (Å²) in [6, 6.07) is 1.80. The molecule has 0 saturated heterocycles.